The normalized spacial score (nSPS) is 20.8. The summed E-state index contributed by atoms with van der Waals surface area (Å²) in [6.45, 7) is 5.18. The number of hydrogen-bond acceptors (Lipinski definition) is 7. The van der Waals surface area contributed by atoms with Crippen molar-refractivity contribution < 1.29 is 36.2 Å². The van der Waals surface area contributed by atoms with E-state index in [1.54, 1.807) is 10.7 Å². The molecule has 1 saturated carbocycles. The van der Waals surface area contributed by atoms with E-state index in [1.807, 2.05) is 13.8 Å². The molecular weight excluding hydrogens is 573 g/mol. The van der Waals surface area contributed by atoms with Crippen LogP contribution in [0.15, 0.2) is 18.2 Å². The Morgan fingerprint density at radius 1 is 1.27 bits per heavy atom. The largest absolute Gasteiger partial charge is 0.496 e. The minimum absolute atomic E-state index is 0.0218. The van der Waals surface area contributed by atoms with Crippen LogP contribution in [-0.4, -0.2) is 72.2 Å². The van der Waals surface area contributed by atoms with Crippen LogP contribution in [0.3, 0.4) is 0 Å². The molecule has 1 atom stereocenters. The quantitative estimate of drug-likeness (QED) is 0.358. The van der Waals surface area contributed by atoms with Gasteiger partial charge < -0.3 is 20.5 Å². The summed E-state index contributed by atoms with van der Waals surface area (Å²) in [6.07, 6.45) is -2.23. The van der Waals surface area contributed by atoms with Crippen molar-refractivity contribution in [2.75, 3.05) is 25.2 Å². The fraction of sp³-hybridized carbons (Fsp3) is 0.615. The van der Waals surface area contributed by atoms with Gasteiger partial charge in [-0.2, -0.15) is 18.3 Å². The number of ether oxygens (including phenoxy) is 1. The van der Waals surface area contributed by atoms with Gasteiger partial charge >= 0.3 is 6.18 Å². The Kier molecular flexibility index (Phi) is 9.73. The van der Waals surface area contributed by atoms with E-state index < -0.39 is 38.8 Å². The van der Waals surface area contributed by atoms with Gasteiger partial charge in [0.1, 0.15) is 21.6 Å². The number of sulfone groups is 1. The molecule has 40 heavy (non-hydrogen) atoms. The summed E-state index contributed by atoms with van der Waals surface area (Å²) in [5, 5.41) is 19.9. The standard InChI is InChI=1S/C26H36ClF3N4O5S/c1-15(2)13-34-23(19-7-6-17(12-20(19)39-4)32-16(3)26(28,29)30)21(27)22(33-34)24(35)31-14-25(36)10-8-18(9-11-25)40(5,37)38/h6-7,12,15-16,18,32,36H,8-11,13-14H2,1-5H3,(H,31,35). The zero-order chi connectivity index (χ0) is 30.0. The van der Waals surface area contributed by atoms with Crippen LogP contribution in [0.25, 0.3) is 11.3 Å². The lowest BCUT2D eigenvalue weighted by atomic mass is 9.84. The summed E-state index contributed by atoms with van der Waals surface area (Å²) in [5.74, 6) is -0.283. The van der Waals surface area contributed by atoms with Crippen molar-refractivity contribution in [2.45, 2.75) is 76.1 Å². The number of methoxy groups -OCH3 is 1. The van der Waals surface area contributed by atoms with Gasteiger partial charge in [-0.1, -0.05) is 25.4 Å². The molecule has 3 rings (SSSR count). The monoisotopic (exact) mass is 608 g/mol. The van der Waals surface area contributed by atoms with E-state index in [9.17, 15) is 31.5 Å². The van der Waals surface area contributed by atoms with Crippen LogP contribution in [0.4, 0.5) is 18.9 Å². The average molecular weight is 609 g/mol. The van der Waals surface area contributed by atoms with Crippen molar-refractivity contribution in [3.05, 3.63) is 28.9 Å². The number of benzene rings is 1. The third kappa shape index (κ3) is 7.61. The number of halogens is 4. The average Bonchev–Trinajstić information content (AvgIpc) is 3.16. The molecule has 0 bridgehead atoms. The molecule has 1 amide bonds. The number of aliphatic hydroxyl groups is 1. The molecule has 1 unspecified atom stereocenters. The molecule has 1 fully saturated rings. The Bertz CT molecular complexity index is 1320. The van der Waals surface area contributed by atoms with Crippen LogP contribution in [0.5, 0.6) is 5.75 Å². The van der Waals surface area contributed by atoms with Gasteiger partial charge in [-0.05, 0) is 50.7 Å². The Morgan fingerprint density at radius 3 is 2.42 bits per heavy atom. The number of nitrogens with one attached hydrogen (secondary N) is 2. The lowest BCUT2D eigenvalue weighted by Crippen LogP contribution is -2.47. The van der Waals surface area contributed by atoms with Crippen LogP contribution in [0.1, 0.15) is 56.9 Å². The van der Waals surface area contributed by atoms with Gasteiger partial charge in [0.15, 0.2) is 5.69 Å². The summed E-state index contributed by atoms with van der Waals surface area (Å²) in [5.41, 5.74) is -0.358. The predicted octanol–water partition coefficient (Wildman–Crippen LogP) is 4.68. The van der Waals surface area contributed by atoms with Crippen LogP contribution < -0.4 is 15.4 Å². The molecule has 0 radical (unpaired) electrons. The van der Waals surface area contributed by atoms with Crippen LogP contribution >= 0.6 is 11.6 Å². The maximum atomic E-state index is 13.2. The zero-order valence-corrected chi connectivity index (χ0v) is 24.7. The van der Waals surface area contributed by atoms with Crippen LogP contribution in [-0.2, 0) is 16.4 Å². The molecule has 1 heterocycles. The van der Waals surface area contributed by atoms with Crippen molar-refractivity contribution in [1.82, 2.24) is 15.1 Å². The van der Waals surface area contributed by atoms with Gasteiger partial charge in [-0.25, -0.2) is 8.42 Å². The molecule has 2 aromatic rings. The van der Waals surface area contributed by atoms with Gasteiger partial charge in [0.25, 0.3) is 5.91 Å². The molecule has 0 aliphatic heterocycles. The zero-order valence-electron chi connectivity index (χ0n) is 23.1. The van der Waals surface area contributed by atoms with Crippen molar-refractivity contribution in [3.8, 4) is 17.0 Å². The number of alkyl halides is 3. The molecule has 14 heteroatoms. The van der Waals surface area contributed by atoms with E-state index in [0.29, 0.717) is 30.6 Å². The Morgan fingerprint density at radius 2 is 1.90 bits per heavy atom. The number of carbonyl (C=O) groups is 1. The number of rotatable bonds is 10. The van der Waals surface area contributed by atoms with E-state index >= 15 is 0 Å². The van der Waals surface area contributed by atoms with Gasteiger partial charge in [0.05, 0.1) is 28.7 Å². The highest BCUT2D eigenvalue weighted by Gasteiger charge is 2.38. The van der Waals surface area contributed by atoms with Gasteiger partial charge in [0.2, 0.25) is 0 Å². The van der Waals surface area contributed by atoms with Crippen molar-refractivity contribution >= 4 is 33.0 Å². The third-order valence-corrected chi connectivity index (χ3v) is 9.07. The first kappa shape index (κ1) is 32.0. The van der Waals surface area contributed by atoms with Crippen molar-refractivity contribution in [3.63, 3.8) is 0 Å². The Labute approximate surface area is 237 Å². The van der Waals surface area contributed by atoms with Crippen LogP contribution in [0, 0.1) is 5.92 Å². The highest BCUT2D eigenvalue weighted by Crippen LogP contribution is 2.39. The molecule has 1 aromatic heterocycles. The van der Waals surface area contributed by atoms with E-state index in [-0.39, 0.29) is 47.5 Å². The molecule has 1 aliphatic carbocycles. The summed E-state index contributed by atoms with van der Waals surface area (Å²) in [6, 6.07) is 2.65. The number of amides is 1. The fourth-order valence-corrected chi connectivity index (χ4v) is 6.11. The smallest absolute Gasteiger partial charge is 0.408 e. The lowest BCUT2D eigenvalue weighted by Gasteiger charge is -2.35. The Hall–Kier alpha value is -2.51. The summed E-state index contributed by atoms with van der Waals surface area (Å²) in [7, 11) is -1.83. The maximum Gasteiger partial charge on any atom is 0.408 e. The first-order valence-corrected chi connectivity index (χ1v) is 15.3. The molecule has 224 valence electrons. The van der Waals surface area contributed by atoms with Crippen molar-refractivity contribution in [1.29, 1.82) is 0 Å². The van der Waals surface area contributed by atoms with E-state index in [1.165, 1.54) is 25.5 Å². The molecule has 0 saturated heterocycles. The topological polar surface area (TPSA) is 123 Å². The Balaban J connectivity index is 1.87. The number of aromatic nitrogens is 2. The first-order valence-electron chi connectivity index (χ1n) is 12.9. The molecule has 1 aromatic carbocycles. The van der Waals surface area contributed by atoms with Crippen LogP contribution in [0.2, 0.25) is 5.02 Å². The highest BCUT2D eigenvalue weighted by atomic mass is 35.5. The highest BCUT2D eigenvalue weighted by molar-refractivity contribution is 7.91. The van der Waals surface area contributed by atoms with E-state index in [0.717, 1.165) is 6.92 Å². The molecular formula is C26H36ClF3N4O5S. The van der Waals surface area contributed by atoms with Gasteiger partial charge in [-0.3, -0.25) is 9.48 Å². The number of nitrogens with zero attached hydrogens (tertiary/aromatic N) is 2. The van der Waals surface area contributed by atoms with Gasteiger partial charge in [0, 0.05) is 36.7 Å². The SMILES string of the molecule is COc1cc(NC(C)C(F)(F)F)ccc1-c1c(Cl)c(C(=O)NCC2(O)CCC(S(C)(=O)=O)CC2)nn1CC(C)C. The minimum Gasteiger partial charge on any atom is -0.496 e. The van der Waals surface area contributed by atoms with Gasteiger partial charge in [-0.15, -0.1) is 0 Å². The molecule has 1 aliphatic rings. The lowest BCUT2D eigenvalue weighted by molar-refractivity contribution is -0.138. The maximum absolute atomic E-state index is 13.2. The number of anilines is 1. The second kappa shape index (κ2) is 12.2. The number of carbonyl (C=O) groups excluding carboxylic acids is 1. The van der Waals surface area contributed by atoms with E-state index in [4.69, 9.17) is 16.3 Å². The summed E-state index contributed by atoms with van der Waals surface area (Å²) >= 11 is 6.69. The third-order valence-electron chi connectivity index (χ3n) is 7.03. The number of hydrogen-bond donors (Lipinski definition) is 3. The second-order valence-electron chi connectivity index (χ2n) is 10.8. The summed E-state index contributed by atoms with van der Waals surface area (Å²) < 4.78 is 69.8. The van der Waals surface area contributed by atoms with E-state index in [2.05, 4.69) is 15.7 Å². The second-order valence-corrected chi connectivity index (χ2v) is 13.5. The first-order chi connectivity index (χ1) is 18.4. The molecule has 3 N–H and O–H groups in total. The van der Waals surface area contributed by atoms with Crippen molar-refractivity contribution in [2.24, 2.45) is 5.92 Å². The molecule has 0 spiro atoms. The fourth-order valence-electron chi connectivity index (χ4n) is 4.69. The molecule has 9 nitrogen and oxygen atoms in total. The predicted molar refractivity (Wildman–Crippen MR) is 148 cm³/mol. The summed E-state index contributed by atoms with van der Waals surface area (Å²) in [4.78, 5) is 13.2. The minimum atomic E-state index is -4.44.